The van der Waals surface area contributed by atoms with Crippen molar-refractivity contribution in [1.82, 2.24) is 20.0 Å². The van der Waals surface area contributed by atoms with E-state index in [1.807, 2.05) is 37.9 Å². The molecule has 2 amide bonds. The summed E-state index contributed by atoms with van der Waals surface area (Å²) in [6.45, 7) is 22.5. The molecule has 9 rings (SSSR count). The highest BCUT2D eigenvalue weighted by Crippen LogP contribution is 2.57. The van der Waals surface area contributed by atoms with Crippen LogP contribution in [0.25, 0.3) is 0 Å². The van der Waals surface area contributed by atoms with Gasteiger partial charge in [0.2, 0.25) is 11.7 Å². The highest BCUT2D eigenvalue weighted by atomic mass is 35.5. The summed E-state index contributed by atoms with van der Waals surface area (Å²) in [5.74, 6) is -12.5. The van der Waals surface area contributed by atoms with Gasteiger partial charge in [0, 0.05) is 61.3 Å². The summed E-state index contributed by atoms with van der Waals surface area (Å²) in [7, 11) is 10.2. The molecule has 32 atom stereocenters. The maximum absolute atomic E-state index is 14.1. The van der Waals surface area contributed by atoms with Gasteiger partial charge in [0.15, 0.2) is 24.0 Å². The minimum Gasteiger partial charge on any atom is -0.510 e. The Morgan fingerprint density at radius 1 is 0.818 bits per heavy atom. The topological polar surface area (TPSA) is 478 Å². The highest BCUT2D eigenvalue weighted by Gasteiger charge is 2.66. The number of thioether (sulfide) groups is 1. The van der Waals surface area contributed by atoms with E-state index in [0.29, 0.717) is 12.3 Å². The molecule has 0 saturated carbocycles. The summed E-state index contributed by atoms with van der Waals surface area (Å²) in [5.41, 5.74) is -6.20. The lowest BCUT2D eigenvalue weighted by molar-refractivity contribution is -0.318. The van der Waals surface area contributed by atoms with Crippen LogP contribution in [0.2, 0.25) is 0 Å². The van der Waals surface area contributed by atoms with Gasteiger partial charge < -0.3 is 115 Å². The molecule has 626 valence electrons. The third-order valence-electron chi connectivity index (χ3n) is 24.5. The number of hydrogen-bond acceptors (Lipinski definition) is 30. The number of carbonyl (C=O) groups excluding carboxylic acids is 6. The van der Waals surface area contributed by atoms with Gasteiger partial charge in [0.25, 0.3) is 5.91 Å². The van der Waals surface area contributed by atoms with E-state index in [1.54, 1.807) is 54.7 Å². The second-order valence-electron chi connectivity index (χ2n) is 33.2. The number of amides is 2. The Morgan fingerprint density at radius 3 is 2.00 bits per heavy atom. The number of fused-ring (bicyclic) bond motifs is 3. The van der Waals surface area contributed by atoms with E-state index in [4.69, 9.17) is 50.5 Å². The minimum atomic E-state index is -2.75. The summed E-state index contributed by atoms with van der Waals surface area (Å²) in [6, 6.07) is 1.79. The van der Waals surface area contributed by atoms with E-state index < -0.39 is 224 Å². The van der Waals surface area contributed by atoms with E-state index in [9.17, 15) is 95.2 Å². The molecule has 8 aliphatic rings. The average molecular weight is 1600 g/mol. The second kappa shape index (κ2) is 36.3. The normalized spacial score (nSPS) is 42.9. The molecule has 5 aliphatic heterocycles. The van der Waals surface area contributed by atoms with Gasteiger partial charge >= 0.3 is 5.97 Å². The number of ether oxygens (including phenoxy) is 7. The Labute approximate surface area is 654 Å². The van der Waals surface area contributed by atoms with Crippen molar-refractivity contribution < 1.29 is 128 Å². The van der Waals surface area contributed by atoms with Crippen molar-refractivity contribution in [2.24, 2.45) is 47.2 Å². The van der Waals surface area contributed by atoms with Gasteiger partial charge in [-0.1, -0.05) is 53.2 Å². The maximum Gasteiger partial charge on any atom is 0.311 e. The van der Waals surface area contributed by atoms with Crippen LogP contribution >= 0.6 is 23.4 Å². The number of methoxy groups -OCH3 is 1. The molecule has 0 aromatic heterocycles. The molecule has 0 unspecified atom stereocenters. The molecule has 0 bridgehead atoms. The number of carbonyl (C=O) groups is 6. The lowest BCUT2D eigenvalue weighted by Gasteiger charge is -2.52. The summed E-state index contributed by atoms with van der Waals surface area (Å²) in [5, 5.41) is 146. The number of alkyl halides is 1. The number of nitrogens with one attached hydrogen (secondary N) is 1. The number of primary amides is 1. The molecule has 16 N–H and O–H groups in total. The highest BCUT2D eigenvalue weighted by molar-refractivity contribution is 7.99. The van der Waals surface area contributed by atoms with Crippen molar-refractivity contribution in [2.75, 3.05) is 55.1 Å². The molecular weight excluding hydrogens is 1480 g/mol. The zero-order valence-electron chi connectivity index (χ0n) is 67.0. The number of likely N-dealkylation sites (N-methyl/N-ethyl adjacent to an activating group) is 3. The Bertz CT molecular complexity index is 3490. The Balaban J connectivity index is 0.000000244. The number of Topliss-reactive ketones (excluding diaryl/α,β-unsaturated/α-hetero) is 3. The number of hydrogen-bond donors (Lipinski definition) is 15. The number of aliphatic hydroxyl groups is 12. The fourth-order valence-electron chi connectivity index (χ4n) is 18.0. The van der Waals surface area contributed by atoms with Crippen molar-refractivity contribution in [2.45, 2.75) is 290 Å². The minimum absolute atomic E-state index is 0.0936. The molecule has 5 fully saturated rings. The number of nitrogens with zero attached hydrogens (tertiary/aromatic N) is 3. The zero-order chi connectivity index (χ0) is 83.2. The number of esters is 1. The van der Waals surface area contributed by atoms with Crippen LogP contribution < -0.4 is 11.1 Å². The fraction of sp³-hybridized carbons (Fsp3) is 0.792. The first-order valence-corrected chi connectivity index (χ1v) is 39.8. The molecular formula is C77H124ClN5O26S. The number of likely N-dealkylation sites (tertiary alicyclic amines) is 1. The molecule has 0 radical (unpaired) electrons. The smallest absolute Gasteiger partial charge is 0.311 e. The fourth-order valence-corrected chi connectivity index (χ4v) is 18.9. The molecule has 0 spiro atoms. The number of rotatable bonds is 16. The van der Waals surface area contributed by atoms with Crippen LogP contribution in [-0.4, -0.2) is 315 Å². The number of benzene rings is 1. The molecule has 110 heavy (non-hydrogen) atoms. The Hall–Kier alpha value is -4.60. The lowest BCUT2D eigenvalue weighted by Crippen LogP contribution is -2.65. The van der Waals surface area contributed by atoms with Crippen LogP contribution in [0.3, 0.4) is 0 Å². The summed E-state index contributed by atoms with van der Waals surface area (Å²) >= 11 is 7.55. The number of cyclic esters (lactones) is 1. The van der Waals surface area contributed by atoms with Crippen LogP contribution in [-0.2, 0) is 62.7 Å². The van der Waals surface area contributed by atoms with E-state index >= 15 is 0 Å². The van der Waals surface area contributed by atoms with Gasteiger partial charge in [-0.05, 0) is 153 Å². The first-order valence-electron chi connectivity index (χ1n) is 38.0. The van der Waals surface area contributed by atoms with Crippen LogP contribution in [0.5, 0.6) is 5.75 Å². The van der Waals surface area contributed by atoms with Gasteiger partial charge in [0.05, 0.1) is 82.3 Å². The van der Waals surface area contributed by atoms with Crippen molar-refractivity contribution in [3.05, 3.63) is 52.0 Å². The van der Waals surface area contributed by atoms with E-state index in [2.05, 4.69) is 12.2 Å². The van der Waals surface area contributed by atoms with Crippen molar-refractivity contribution >= 4 is 58.5 Å². The predicted molar refractivity (Wildman–Crippen MR) is 403 cm³/mol. The molecule has 1 aromatic carbocycles. The predicted octanol–water partition coefficient (Wildman–Crippen LogP) is 1.96. The van der Waals surface area contributed by atoms with E-state index in [0.717, 1.165) is 25.8 Å². The van der Waals surface area contributed by atoms with Crippen LogP contribution in [0.15, 0.2) is 40.9 Å². The molecule has 31 nitrogen and oxygen atoms in total. The van der Waals surface area contributed by atoms with E-state index in [-0.39, 0.29) is 60.9 Å². The molecule has 33 heteroatoms. The second-order valence-corrected chi connectivity index (χ2v) is 34.8. The van der Waals surface area contributed by atoms with Crippen molar-refractivity contribution in [3.63, 3.8) is 0 Å². The number of aliphatic hydroxyl groups excluding tert-OH is 8. The number of nitrogens with two attached hydrogens (primary N) is 1. The van der Waals surface area contributed by atoms with Crippen molar-refractivity contribution in [3.8, 4) is 5.75 Å². The Kier molecular flexibility index (Phi) is 30.5. The molecule has 3 aliphatic carbocycles. The summed E-state index contributed by atoms with van der Waals surface area (Å²) in [6.07, 6.45) is -10.0. The first-order chi connectivity index (χ1) is 50.9. The lowest BCUT2D eigenvalue weighted by atomic mass is 9.55. The Morgan fingerprint density at radius 2 is 1.45 bits per heavy atom. The van der Waals surface area contributed by atoms with Crippen molar-refractivity contribution in [1.29, 1.82) is 0 Å². The van der Waals surface area contributed by atoms with Crippen LogP contribution in [0, 0.1) is 41.4 Å². The number of phenols is 1. The SMILES string of the molecule is CCC[C@@H]1C[C@@H](C(=O)N[C@@H]([C@H]2O[C@H](SC)[C@H](O)[C@@H](O)[C@H]2O)[C@H](C)Cl)N(C)C1.CC[C@H]1OC(=O)[C@H](C)[C@@H](O[C@H]2C[C@@](C)(OC)[C@@H](O)[C@H](C)O2)[C@H](C)[C@@H](O[C@@H]2O[C@H](C)C[C@H](N(C)C)[C@H]2O)[C@](C)(O)C[C@@H](C)C(=O)[C@H](C)[C@@H](O)[C@]1(C)O.CN(C)[C@@H]1C(O)=C(C(N)=O)C(=O)[C@@]2(O)C(O)=C3C(=O)c4c(O)cccc4[C@@](C)(O)[C@H]3C[C@@H]12. The van der Waals surface area contributed by atoms with Crippen LogP contribution in [0.1, 0.15) is 157 Å². The third kappa shape index (κ3) is 18.3. The number of aromatic hydroxyl groups is 1. The quantitative estimate of drug-likeness (QED) is 0.0639. The third-order valence-corrected chi connectivity index (χ3v) is 25.6. The van der Waals surface area contributed by atoms with Gasteiger partial charge in [0.1, 0.15) is 82.4 Å². The number of phenolic OH excluding ortho intramolecular Hbond substituents is 1. The molecule has 1 aromatic rings. The monoisotopic (exact) mass is 1600 g/mol. The van der Waals surface area contributed by atoms with Gasteiger partial charge in [-0.25, -0.2) is 0 Å². The van der Waals surface area contributed by atoms with E-state index in [1.165, 1.54) is 83.8 Å². The maximum atomic E-state index is 14.1. The van der Waals surface area contributed by atoms with Gasteiger partial charge in [-0.15, -0.1) is 23.4 Å². The van der Waals surface area contributed by atoms with Gasteiger partial charge in [-0.3, -0.25) is 38.6 Å². The summed E-state index contributed by atoms with van der Waals surface area (Å²) in [4.78, 5) is 84.6. The average Bonchev–Trinajstić information content (AvgIpc) is 0.733. The number of ketones is 3. The first kappa shape index (κ1) is 92.6. The van der Waals surface area contributed by atoms with Crippen LogP contribution in [0.4, 0.5) is 0 Å². The standard InChI is InChI=1S/C37H67NO13.C22H24N2O8.C18H33ClN2O5S/c1-14-25-37(10,45)30(41)20(4)27(39)18(2)16-35(8,44)32(51-34-28(40)24(38(11)12)15-19(3)47-34)21(5)29(22(6)33(43)49-25)50-26-17-36(9,46-13)31(42)23(7)48-26;1-21(31)8-5-4-6-11(25)12(8)16(26)13-9(21)7-10-15(24(2)3)17(27)14(20(23)30)19(29)22(10,32)18(13)28;1-5-6-10-7-11(21(3)8-10)17(25)20-12(9(2)19)16-14(23)13(22)15(24)18(26-16)27-4/h18-26,28-32,34,40-42,44-45H,14-17H2,1-13H3;4-6,9-10,15,25,27-28,31-32H,7H2,1-3H3,(H2,23,30);9-16,18,22-24H,5-8H2,1-4H3,(H,20,25)/t18-,19-,20+,21+,22-,23+,24+,25-,26+,28-,29+,30-,31+,32-,34+,35-,36-,37-;9-,10-,15-,21+,22-;9-,10+,11-,12+,13-,14+,15+,16+,18+/m100/s1. The number of halogens is 1. The van der Waals surface area contributed by atoms with Gasteiger partial charge in [-0.2, -0.15) is 0 Å². The summed E-state index contributed by atoms with van der Waals surface area (Å²) < 4.78 is 42.8. The molecule has 5 saturated heterocycles. The molecule has 5 heterocycles. The largest absolute Gasteiger partial charge is 0.510 e. The zero-order valence-corrected chi connectivity index (χ0v) is 68.6.